The number of anilines is 1. The molecule has 2 amide bonds. The van der Waals surface area contributed by atoms with E-state index in [-0.39, 0.29) is 233 Å². The van der Waals surface area contributed by atoms with Gasteiger partial charge in [-0.3, -0.25) is 14.4 Å². The third-order valence-electron chi connectivity index (χ3n) is 17.1. The minimum absolute atomic E-state index is 0. The quantitative estimate of drug-likeness (QED) is 0.0409. The summed E-state index contributed by atoms with van der Waals surface area (Å²) in [6.45, 7) is 27.0. The fourth-order valence-electron chi connectivity index (χ4n) is 11.0. The van der Waals surface area contributed by atoms with Gasteiger partial charge in [-0.1, -0.05) is 117 Å². The largest absolute Gasteiger partial charge is 1.00 e. The number of ether oxygens (including phenoxy) is 2. The number of halogens is 2. The average molecular weight is 1420 g/mol. The average Bonchev–Trinajstić information content (AvgIpc) is 1.53. The van der Waals surface area contributed by atoms with Crippen LogP contribution in [0.15, 0.2) is 119 Å². The van der Waals surface area contributed by atoms with Gasteiger partial charge in [0.15, 0.2) is 11.6 Å². The molecule has 6 heterocycles. The summed E-state index contributed by atoms with van der Waals surface area (Å²) < 4.78 is 103. The van der Waals surface area contributed by atoms with Crippen molar-refractivity contribution in [1.29, 1.82) is 0 Å². The van der Waals surface area contributed by atoms with Crippen LogP contribution < -0.4 is 137 Å². The van der Waals surface area contributed by atoms with Gasteiger partial charge in [0.25, 0.3) is 38.3 Å². The maximum atomic E-state index is 13.4. The molecule has 2 aromatic carbocycles. The number of rotatable bonds is 16. The zero-order valence-corrected chi connectivity index (χ0v) is 65.3. The minimum Gasteiger partial charge on any atom is -1.00 e. The summed E-state index contributed by atoms with van der Waals surface area (Å²) >= 11 is 6.18. The molecule has 0 spiro atoms. The van der Waals surface area contributed by atoms with Crippen molar-refractivity contribution in [2.24, 2.45) is 45.3 Å². The molecule has 2 saturated carbocycles. The molecule has 2 aliphatic carbocycles. The van der Waals surface area contributed by atoms with Gasteiger partial charge in [-0.2, -0.15) is 27.0 Å². The molecule has 2 atom stereocenters. The monoisotopic (exact) mass is 1410 g/mol. The van der Waals surface area contributed by atoms with E-state index in [2.05, 4.69) is 71.7 Å². The van der Waals surface area contributed by atoms with Gasteiger partial charge >= 0.3 is 103 Å². The number of aromatic nitrogens is 6. The normalized spacial score (nSPS) is 20.0. The van der Waals surface area contributed by atoms with E-state index in [1.807, 2.05) is 65.0 Å². The Hall–Kier alpha value is -2.66. The van der Waals surface area contributed by atoms with E-state index in [1.54, 1.807) is 60.8 Å². The summed E-state index contributed by atoms with van der Waals surface area (Å²) in [5, 5.41) is 20.3. The van der Waals surface area contributed by atoms with Crippen LogP contribution in [0.5, 0.6) is 11.8 Å². The predicted molar refractivity (Wildman–Crippen MR) is 350 cm³/mol. The van der Waals surface area contributed by atoms with Crippen LogP contribution in [-0.4, -0.2) is 102 Å². The number of benzene rings is 2. The van der Waals surface area contributed by atoms with E-state index in [0.717, 1.165) is 12.3 Å². The second-order valence-corrected chi connectivity index (χ2v) is 29.2. The van der Waals surface area contributed by atoms with Gasteiger partial charge in [0.05, 0.1) is 39.5 Å². The van der Waals surface area contributed by atoms with Gasteiger partial charge in [-0.15, -0.1) is 22.6 Å². The number of hydrogen-bond acceptors (Lipinski definition) is 17. The molecule has 486 valence electrons. The zero-order valence-electron chi connectivity index (χ0n) is 58.8. The Morgan fingerprint density at radius 2 is 1.07 bits per heavy atom. The van der Waals surface area contributed by atoms with E-state index >= 15 is 0 Å². The van der Waals surface area contributed by atoms with Crippen molar-refractivity contribution in [2.75, 3.05) is 31.1 Å². The van der Waals surface area contributed by atoms with Gasteiger partial charge in [0.1, 0.15) is 11.0 Å². The van der Waals surface area contributed by atoms with Crippen molar-refractivity contribution < 1.29 is 161 Å². The van der Waals surface area contributed by atoms with E-state index in [4.69, 9.17) is 41.6 Å². The third-order valence-corrected chi connectivity index (χ3v) is 20.1. The minimum atomic E-state index is -4.10. The Morgan fingerprint density at radius 3 is 1.40 bits per heavy atom. The number of carbonyl (C=O) groups is 3. The first-order valence-electron chi connectivity index (χ1n) is 29.7. The van der Waals surface area contributed by atoms with Crippen LogP contribution >= 0.6 is 51.0 Å². The summed E-state index contributed by atoms with van der Waals surface area (Å²) in [5.41, 5.74) is -0.821. The maximum Gasteiger partial charge on any atom is 1.00 e. The van der Waals surface area contributed by atoms with Gasteiger partial charge in [0.2, 0.25) is 11.8 Å². The third kappa shape index (κ3) is 20.0. The smallest absolute Gasteiger partial charge is 1.00 e. The number of sulfonamides is 2. The standard InChI is InChI=1S/C30H39N5O4S.C23H25ClN4O4S.C7H15N.CH2O3.ClH.2K.2H2S.H/c1-20-17-28(2,3)34(18-20)26-22(27(36)33-40(37,38)21-11-9-8-10-12-21)13-14-24(31-26)35-16-15-25(32-35)39-19-23-29(4,5)30(23,6)7;1-22(2)17(23(22,3)4)14-32-19-12-13-28(26-19)18-11-10-16(20(24)25-18)21(29)27-33(30,31)15-8-6-5-7-9-15;1-6-4-7(2,3)8-5-6;2-1-4-3;;;;;;/h8-16,20,23H,17-19H2,1-7H3,(H,33,36);5-13,17H,14H2,1-4H3,(H,27,29);6,8H,4-5H2,1-3H3;1,3H;1H;;;2*1H2;/q;;;;;2*+1;;;-1/p-1/t20-;;6-;;;;;;;/m0.0......./s1/i19D2;14D2;;;;;;;;. The molecule has 29 heteroatoms. The summed E-state index contributed by atoms with van der Waals surface area (Å²) in [6, 6.07) is 24.2. The number of nitrogens with zero attached hydrogens (tertiary/aromatic N) is 7. The summed E-state index contributed by atoms with van der Waals surface area (Å²) in [7, 11) is -8.17. The maximum absolute atomic E-state index is 13.4. The van der Waals surface area contributed by atoms with Crippen LogP contribution in [0.3, 0.4) is 0 Å². The molecule has 21 nitrogen and oxygen atoms in total. The van der Waals surface area contributed by atoms with E-state index in [0.29, 0.717) is 29.6 Å². The van der Waals surface area contributed by atoms with Crippen LogP contribution in [0.4, 0.5) is 5.82 Å². The van der Waals surface area contributed by atoms with Crippen molar-refractivity contribution >= 4 is 95.2 Å². The molecular formula is C61H86Cl2K2N10O11S4. The fourth-order valence-corrected chi connectivity index (χ4v) is 13.2. The van der Waals surface area contributed by atoms with Gasteiger partial charge < -0.3 is 31.3 Å². The van der Waals surface area contributed by atoms with E-state index < -0.39 is 45.0 Å². The van der Waals surface area contributed by atoms with Crippen LogP contribution in [0, 0.1) is 45.3 Å². The fraction of sp³-hybridized carbons (Fsp3) is 0.492. The summed E-state index contributed by atoms with van der Waals surface area (Å²) in [5.74, 6) is 0.0302. The Labute approximate surface area is 648 Å². The molecule has 6 aromatic rings. The Kier molecular flexibility index (Phi) is 28.3. The van der Waals surface area contributed by atoms with Crippen molar-refractivity contribution in [3.05, 3.63) is 126 Å². The number of hydrogen-bond donors (Lipinski definition) is 3. The molecule has 0 radical (unpaired) electrons. The van der Waals surface area contributed by atoms with Crippen LogP contribution in [0.25, 0.3) is 11.6 Å². The molecule has 2 aliphatic heterocycles. The van der Waals surface area contributed by atoms with Crippen molar-refractivity contribution in [2.45, 2.75) is 131 Å². The Morgan fingerprint density at radius 1 is 0.667 bits per heavy atom. The number of amides is 2. The van der Waals surface area contributed by atoms with Crippen LogP contribution in [0.1, 0.15) is 137 Å². The second kappa shape index (κ2) is 33.3. The van der Waals surface area contributed by atoms with Gasteiger partial charge in [-0.05, 0) is 129 Å². The molecule has 4 fully saturated rings. The molecule has 2 saturated heterocycles. The number of pyridine rings is 2. The molecule has 90 heavy (non-hydrogen) atoms. The van der Waals surface area contributed by atoms with E-state index in [9.17, 15) is 26.4 Å². The first-order chi connectivity index (χ1) is 41.0. The van der Waals surface area contributed by atoms with Crippen LogP contribution in [0.2, 0.25) is 5.15 Å². The molecule has 0 unspecified atom stereocenters. The van der Waals surface area contributed by atoms with Crippen molar-refractivity contribution in [3.63, 3.8) is 0 Å². The molecule has 10 rings (SSSR count). The first kappa shape index (κ1) is 76.4. The SMILES string of the molecule is C[C@@H]1CNC(C)(C)C1.Cl.O=CO[O-].S.S.[2H]C([2H])(Oc1ccn(-c2ccc(C(=O)NS(=O)(=O)c3ccccc3)c(Cl)n2)n1)C1C(C)(C)C1(C)C.[2H]C([2H])(Oc1ccn(-c2ccc(C(=O)NS(=O)(=O)c3ccccc3)c(N3C[C@@H](C)CC3(C)C)n2)n1)C1C(C)(C)C1(C)C.[H-].[K+].[K+]. The van der Waals surface area contributed by atoms with E-state index in [1.165, 1.54) is 71.0 Å². The number of nitrogens with one attached hydrogen (secondary N) is 3. The van der Waals surface area contributed by atoms with Crippen LogP contribution in [-0.2, 0) is 29.7 Å². The molecule has 4 aliphatic rings. The molecule has 0 bridgehead atoms. The first-order valence-corrected chi connectivity index (χ1v) is 31.1. The molecular weight excluding hydrogens is 1330 g/mol. The van der Waals surface area contributed by atoms with Crippen molar-refractivity contribution in [3.8, 4) is 23.4 Å². The Balaban J connectivity index is 0.000000772. The molecule has 4 aromatic heterocycles. The van der Waals surface area contributed by atoms with Gasteiger partial charge in [0, 0.05) is 54.0 Å². The molecule has 3 N–H and O–H groups in total. The summed E-state index contributed by atoms with van der Waals surface area (Å²) in [6.07, 6.45) is 5.34. The number of carbonyl (C=O) groups excluding carboxylic acids is 3. The van der Waals surface area contributed by atoms with Crippen molar-refractivity contribution in [1.82, 2.24) is 44.3 Å². The predicted octanol–water partition coefficient (Wildman–Crippen LogP) is 3.77. The zero-order chi connectivity index (χ0) is 66.3. The van der Waals surface area contributed by atoms with Gasteiger partial charge in [-0.25, -0.2) is 45.6 Å². The Bertz CT molecular complexity index is 3780. The summed E-state index contributed by atoms with van der Waals surface area (Å²) in [4.78, 5) is 48.1. The topological polar surface area (TPSA) is 271 Å². The second-order valence-electron chi connectivity index (χ2n) is 25.4.